The zero-order valence-electron chi connectivity index (χ0n) is 12.9. The number of carboxylic acid groups (broad SMARTS) is 1. The van der Waals surface area contributed by atoms with Crippen molar-refractivity contribution in [2.24, 2.45) is 5.41 Å². The summed E-state index contributed by atoms with van der Waals surface area (Å²) in [5, 5.41) is 12.4. The zero-order chi connectivity index (χ0) is 15.1. The molecular formula is C16H28N2O3. The molecule has 0 radical (unpaired) electrons. The number of nitrogens with one attached hydrogen (secondary N) is 1. The Bertz CT molecular complexity index is 359. The van der Waals surface area contributed by atoms with E-state index in [1.165, 1.54) is 25.9 Å². The molecule has 2 rings (SSSR count). The van der Waals surface area contributed by atoms with Gasteiger partial charge in [0.1, 0.15) is 0 Å². The number of likely N-dealkylation sites (tertiary alicyclic amines) is 1. The number of amides is 1. The van der Waals surface area contributed by atoms with Gasteiger partial charge in [0.25, 0.3) is 0 Å². The zero-order valence-corrected chi connectivity index (χ0v) is 12.9. The molecule has 1 amide bonds. The van der Waals surface area contributed by atoms with Crippen LogP contribution >= 0.6 is 0 Å². The smallest absolute Gasteiger partial charge is 0.310 e. The van der Waals surface area contributed by atoms with Crippen molar-refractivity contribution in [1.29, 1.82) is 0 Å². The van der Waals surface area contributed by atoms with Gasteiger partial charge in [-0.2, -0.15) is 0 Å². The van der Waals surface area contributed by atoms with Crippen LogP contribution in [0.1, 0.15) is 57.8 Å². The third kappa shape index (κ3) is 4.70. The lowest BCUT2D eigenvalue weighted by molar-refractivity contribution is -0.154. The van der Waals surface area contributed by atoms with E-state index in [2.05, 4.69) is 10.2 Å². The van der Waals surface area contributed by atoms with Crippen LogP contribution in [0.25, 0.3) is 0 Å². The lowest BCUT2D eigenvalue weighted by Crippen LogP contribution is -2.39. The molecular weight excluding hydrogens is 268 g/mol. The predicted molar refractivity (Wildman–Crippen MR) is 81.1 cm³/mol. The Morgan fingerprint density at radius 2 is 1.71 bits per heavy atom. The Balaban J connectivity index is 1.68. The van der Waals surface area contributed by atoms with Gasteiger partial charge in [0.15, 0.2) is 0 Å². The number of carboxylic acids is 1. The van der Waals surface area contributed by atoms with Crippen LogP contribution in [0, 0.1) is 5.41 Å². The van der Waals surface area contributed by atoms with E-state index >= 15 is 0 Å². The van der Waals surface area contributed by atoms with E-state index in [0.717, 1.165) is 32.2 Å². The minimum Gasteiger partial charge on any atom is -0.481 e. The van der Waals surface area contributed by atoms with Crippen molar-refractivity contribution in [3.63, 3.8) is 0 Å². The molecule has 0 atom stereocenters. The van der Waals surface area contributed by atoms with Gasteiger partial charge in [-0.1, -0.05) is 19.3 Å². The molecule has 120 valence electrons. The molecule has 5 heteroatoms. The second-order valence-electron chi connectivity index (χ2n) is 6.58. The van der Waals surface area contributed by atoms with Crippen molar-refractivity contribution in [3.8, 4) is 0 Å². The molecule has 5 nitrogen and oxygen atoms in total. The summed E-state index contributed by atoms with van der Waals surface area (Å²) in [7, 11) is 0. The highest BCUT2D eigenvalue weighted by molar-refractivity contribution is 5.85. The fraction of sp³-hybridized carbons (Fsp3) is 0.875. The van der Waals surface area contributed by atoms with Gasteiger partial charge in [0, 0.05) is 13.0 Å². The minimum absolute atomic E-state index is 0.0966. The number of nitrogens with zero attached hydrogens (tertiary/aromatic N) is 1. The fourth-order valence-corrected chi connectivity index (χ4v) is 3.60. The van der Waals surface area contributed by atoms with Crippen LogP contribution in [-0.4, -0.2) is 48.1 Å². The summed E-state index contributed by atoms with van der Waals surface area (Å²) in [6.07, 6.45) is 7.89. The van der Waals surface area contributed by atoms with Gasteiger partial charge in [-0.15, -0.1) is 0 Å². The first-order valence-electron chi connectivity index (χ1n) is 8.35. The number of carbonyl (C=O) groups is 2. The van der Waals surface area contributed by atoms with E-state index in [-0.39, 0.29) is 12.3 Å². The van der Waals surface area contributed by atoms with Gasteiger partial charge in [-0.25, -0.2) is 0 Å². The maximum Gasteiger partial charge on any atom is 0.310 e. The first-order valence-corrected chi connectivity index (χ1v) is 8.35. The Morgan fingerprint density at radius 1 is 1.05 bits per heavy atom. The Hall–Kier alpha value is -1.10. The second-order valence-corrected chi connectivity index (χ2v) is 6.58. The molecule has 0 aromatic heterocycles. The molecule has 0 aromatic carbocycles. The van der Waals surface area contributed by atoms with Crippen LogP contribution in [0.15, 0.2) is 0 Å². The summed E-state index contributed by atoms with van der Waals surface area (Å²) < 4.78 is 0. The molecule has 2 aliphatic rings. The Kier molecular flexibility index (Phi) is 6.03. The SMILES string of the molecule is O=C(CC1(C(=O)O)CCCCC1)NCCCN1CCCC1. The molecule has 21 heavy (non-hydrogen) atoms. The molecule has 1 heterocycles. The number of aliphatic carboxylic acids is 1. The van der Waals surface area contributed by atoms with Crippen molar-refractivity contribution in [2.45, 2.75) is 57.8 Å². The summed E-state index contributed by atoms with van der Waals surface area (Å²) in [6, 6.07) is 0. The van der Waals surface area contributed by atoms with Crippen LogP contribution in [0.4, 0.5) is 0 Å². The lowest BCUT2D eigenvalue weighted by Gasteiger charge is -2.32. The topological polar surface area (TPSA) is 69.6 Å². The molecule has 0 bridgehead atoms. The third-order valence-electron chi connectivity index (χ3n) is 4.94. The lowest BCUT2D eigenvalue weighted by atomic mass is 9.71. The quantitative estimate of drug-likeness (QED) is 0.705. The van der Waals surface area contributed by atoms with Crippen LogP contribution in [0.2, 0.25) is 0 Å². The third-order valence-corrected chi connectivity index (χ3v) is 4.94. The molecule has 0 spiro atoms. The van der Waals surface area contributed by atoms with Gasteiger partial charge in [-0.05, 0) is 51.7 Å². The standard InChI is InChI=1S/C16H28N2O3/c19-14(17-9-6-12-18-10-4-5-11-18)13-16(15(20)21)7-2-1-3-8-16/h1-13H2,(H,17,19)(H,20,21). The number of rotatable bonds is 7. The molecule has 1 aliphatic heterocycles. The predicted octanol–water partition coefficient (Wildman–Crippen LogP) is 2.01. The van der Waals surface area contributed by atoms with Crippen LogP contribution in [0.3, 0.4) is 0 Å². The average Bonchev–Trinajstić information content (AvgIpc) is 2.98. The summed E-state index contributed by atoms with van der Waals surface area (Å²) in [6.45, 7) is 4.04. The summed E-state index contributed by atoms with van der Waals surface area (Å²) in [5.41, 5.74) is -0.808. The number of hydrogen-bond donors (Lipinski definition) is 2. The van der Waals surface area contributed by atoms with E-state index in [4.69, 9.17) is 0 Å². The largest absolute Gasteiger partial charge is 0.481 e. The highest BCUT2D eigenvalue weighted by Gasteiger charge is 2.41. The van der Waals surface area contributed by atoms with Crippen molar-refractivity contribution in [1.82, 2.24) is 10.2 Å². The van der Waals surface area contributed by atoms with Gasteiger partial charge >= 0.3 is 5.97 Å². The van der Waals surface area contributed by atoms with E-state index in [1.807, 2.05) is 0 Å². The molecule has 2 fully saturated rings. The highest BCUT2D eigenvalue weighted by Crippen LogP contribution is 2.39. The number of hydrogen-bond acceptors (Lipinski definition) is 3. The maximum absolute atomic E-state index is 12.0. The van der Waals surface area contributed by atoms with E-state index in [0.29, 0.717) is 19.4 Å². The summed E-state index contributed by atoms with van der Waals surface area (Å²) in [4.78, 5) is 26.0. The van der Waals surface area contributed by atoms with Crippen molar-refractivity contribution in [3.05, 3.63) is 0 Å². The van der Waals surface area contributed by atoms with Crippen LogP contribution in [-0.2, 0) is 9.59 Å². The van der Waals surface area contributed by atoms with Gasteiger partial charge in [0.05, 0.1) is 5.41 Å². The molecule has 1 saturated carbocycles. The first-order chi connectivity index (χ1) is 10.1. The van der Waals surface area contributed by atoms with E-state index in [9.17, 15) is 14.7 Å². The van der Waals surface area contributed by atoms with Crippen molar-refractivity contribution >= 4 is 11.9 Å². The van der Waals surface area contributed by atoms with Gasteiger partial charge < -0.3 is 15.3 Å². The highest BCUT2D eigenvalue weighted by atomic mass is 16.4. The first kappa shape index (κ1) is 16.3. The molecule has 1 aliphatic carbocycles. The molecule has 1 saturated heterocycles. The molecule has 0 aromatic rings. The summed E-state index contributed by atoms with van der Waals surface area (Å²) >= 11 is 0. The Morgan fingerprint density at radius 3 is 2.33 bits per heavy atom. The maximum atomic E-state index is 12.0. The number of carbonyl (C=O) groups excluding carboxylic acids is 1. The monoisotopic (exact) mass is 296 g/mol. The van der Waals surface area contributed by atoms with Crippen molar-refractivity contribution < 1.29 is 14.7 Å². The molecule has 0 unspecified atom stereocenters. The van der Waals surface area contributed by atoms with Gasteiger partial charge in [0.2, 0.25) is 5.91 Å². The fourth-order valence-electron chi connectivity index (χ4n) is 3.60. The van der Waals surface area contributed by atoms with Crippen molar-refractivity contribution in [2.75, 3.05) is 26.2 Å². The normalized spacial score (nSPS) is 22.1. The van der Waals surface area contributed by atoms with Gasteiger partial charge in [-0.3, -0.25) is 9.59 Å². The average molecular weight is 296 g/mol. The summed E-state index contributed by atoms with van der Waals surface area (Å²) in [5.74, 6) is -0.893. The van der Waals surface area contributed by atoms with E-state index < -0.39 is 11.4 Å². The van der Waals surface area contributed by atoms with Crippen LogP contribution in [0.5, 0.6) is 0 Å². The molecule has 2 N–H and O–H groups in total. The Labute approximate surface area is 127 Å². The van der Waals surface area contributed by atoms with E-state index in [1.54, 1.807) is 0 Å². The van der Waals surface area contributed by atoms with Crippen LogP contribution < -0.4 is 5.32 Å². The second kappa shape index (κ2) is 7.78. The minimum atomic E-state index is -0.808.